The van der Waals surface area contributed by atoms with Gasteiger partial charge in [0.05, 0.1) is 23.3 Å². The Kier molecular flexibility index (Phi) is 4.04. The number of pyridine rings is 1. The van der Waals surface area contributed by atoms with E-state index < -0.39 is 0 Å². The van der Waals surface area contributed by atoms with Gasteiger partial charge in [-0.15, -0.1) is 0 Å². The van der Waals surface area contributed by atoms with Gasteiger partial charge in [0.2, 0.25) is 0 Å². The number of morpholine rings is 1. The van der Waals surface area contributed by atoms with Crippen molar-refractivity contribution in [2.75, 3.05) is 32.1 Å². The molecule has 1 saturated heterocycles. The Labute approximate surface area is 111 Å². The zero-order chi connectivity index (χ0) is 13.1. The molecule has 1 aliphatic heterocycles. The number of carbonyl (C=O) groups excluding carboxylic acids is 1. The smallest absolute Gasteiger partial charge is 0.255 e. The standard InChI is InChI=1S/C12H16ClN3O2/c1-8-7-16(3-4-18-8)12(17)9-5-10(13)11(14-2)15-6-9/h5-6,8H,3-4,7H2,1-2H3,(H,14,15). The zero-order valence-corrected chi connectivity index (χ0v) is 11.2. The van der Waals surface area contributed by atoms with Crippen molar-refractivity contribution >= 4 is 23.3 Å². The Balaban J connectivity index is 2.15. The second-order valence-electron chi connectivity index (χ2n) is 4.24. The van der Waals surface area contributed by atoms with Gasteiger partial charge in [-0.3, -0.25) is 4.79 Å². The molecule has 18 heavy (non-hydrogen) atoms. The number of anilines is 1. The summed E-state index contributed by atoms with van der Waals surface area (Å²) >= 11 is 6.02. The molecule has 1 aliphatic rings. The van der Waals surface area contributed by atoms with Gasteiger partial charge in [0.1, 0.15) is 5.82 Å². The molecular formula is C12H16ClN3O2. The van der Waals surface area contributed by atoms with Crippen molar-refractivity contribution in [3.63, 3.8) is 0 Å². The second kappa shape index (κ2) is 5.54. The van der Waals surface area contributed by atoms with E-state index in [9.17, 15) is 4.79 Å². The number of nitrogens with one attached hydrogen (secondary N) is 1. The number of nitrogens with zero attached hydrogens (tertiary/aromatic N) is 2. The molecule has 0 saturated carbocycles. The molecule has 1 fully saturated rings. The summed E-state index contributed by atoms with van der Waals surface area (Å²) in [6.07, 6.45) is 1.61. The van der Waals surface area contributed by atoms with Crippen molar-refractivity contribution in [1.29, 1.82) is 0 Å². The van der Waals surface area contributed by atoms with Crippen LogP contribution in [0.5, 0.6) is 0 Å². The molecule has 0 radical (unpaired) electrons. The topological polar surface area (TPSA) is 54.5 Å². The summed E-state index contributed by atoms with van der Waals surface area (Å²) in [5, 5.41) is 3.31. The van der Waals surface area contributed by atoms with E-state index in [1.54, 1.807) is 24.2 Å². The minimum atomic E-state index is -0.0535. The van der Waals surface area contributed by atoms with Gasteiger partial charge >= 0.3 is 0 Å². The van der Waals surface area contributed by atoms with Crippen molar-refractivity contribution in [2.24, 2.45) is 0 Å². The molecular weight excluding hydrogens is 254 g/mol. The molecule has 6 heteroatoms. The molecule has 1 atom stereocenters. The quantitative estimate of drug-likeness (QED) is 0.887. The van der Waals surface area contributed by atoms with Gasteiger partial charge in [0, 0.05) is 26.3 Å². The van der Waals surface area contributed by atoms with Crippen LogP contribution < -0.4 is 5.32 Å². The van der Waals surface area contributed by atoms with Crippen molar-refractivity contribution in [3.8, 4) is 0 Å². The summed E-state index contributed by atoms with van der Waals surface area (Å²) < 4.78 is 5.41. The highest BCUT2D eigenvalue weighted by Crippen LogP contribution is 2.20. The van der Waals surface area contributed by atoms with E-state index in [4.69, 9.17) is 16.3 Å². The number of aromatic nitrogens is 1. The lowest BCUT2D eigenvalue weighted by Gasteiger charge is -2.31. The van der Waals surface area contributed by atoms with E-state index in [1.807, 2.05) is 6.92 Å². The number of rotatable bonds is 2. The number of hydrogen-bond acceptors (Lipinski definition) is 4. The van der Waals surface area contributed by atoms with E-state index in [1.165, 1.54) is 0 Å². The van der Waals surface area contributed by atoms with Crippen molar-refractivity contribution in [3.05, 3.63) is 22.8 Å². The van der Waals surface area contributed by atoms with Crippen LogP contribution in [0.4, 0.5) is 5.82 Å². The van der Waals surface area contributed by atoms with Crippen LogP contribution in [-0.2, 0) is 4.74 Å². The average Bonchev–Trinajstić information content (AvgIpc) is 2.37. The van der Waals surface area contributed by atoms with Crippen LogP contribution in [0, 0.1) is 0 Å². The van der Waals surface area contributed by atoms with Crippen molar-refractivity contribution < 1.29 is 9.53 Å². The summed E-state index contributed by atoms with van der Waals surface area (Å²) in [5.74, 6) is 0.519. The summed E-state index contributed by atoms with van der Waals surface area (Å²) in [5.41, 5.74) is 0.508. The minimum Gasteiger partial charge on any atom is -0.375 e. The molecule has 1 unspecified atom stereocenters. The third-order valence-corrected chi connectivity index (χ3v) is 3.14. The minimum absolute atomic E-state index is 0.0535. The summed E-state index contributed by atoms with van der Waals surface area (Å²) in [6.45, 7) is 3.73. The molecule has 2 heterocycles. The highest BCUT2D eigenvalue weighted by Gasteiger charge is 2.23. The van der Waals surface area contributed by atoms with E-state index >= 15 is 0 Å². The maximum atomic E-state index is 12.2. The average molecular weight is 270 g/mol. The first-order valence-electron chi connectivity index (χ1n) is 5.86. The first-order valence-corrected chi connectivity index (χ1v) is 6.23. The molecule has 2 rings (SSSR count). The van der Waals surface area contributed by atoms with Gasteiger partial charge in [-0.05, 0) is 13.0 Å². The normalized spacial score (nSPS) is 19.7. The van der Waals surface area contributed by atoms with Crippen LogP contribution in [0.2, 0.25) is 5.02 Å². The third kappa shape index (κ3) is 2.73. The summed E-state index contributed by atoms with van der Waals surface area (Å²) in [7, 11) is 1.74. The number of amides is 1. The lowest BCUT2D eigenvalue weighted by Crippen LogP contribution is -2.44. The molecule has 0 aliphatic carbocycles. The Morgan fingerprint density at radius 3 is 3.06 bits per heavy atom. The first kappa shape index (κ1) is 13.1. The molecule has 0 aromatic carbocycles. The van der Waals surface area contributed by atoms with Crippen LogP contribution in [0.3, 0.4) is 0 Å². The predicted molar refractivity (Wildman–Crippen MR) is 70.1 cm³/mol. The van der Waals surface area contributed by atoms with Crippen molar-refractivity contribution in [1.82, 2.24) is 9.88 Å². The monoisotopic (exact) mass is 269 g/mol. The zero-order valence-electron chi connectivity index (χ0n) is 10.4. The Hall–Kier alpha value is -1.33. The second-order valence-corrected chi connectivity index (χ2v) is 4.64. The number of ether oxygens (including phenoxy) is 1. The van der Waals surface area contributed by atoms with Crippen LogP contribution >= 0.6 is 11.6 Å². The summed E-state index contributed by atoms with van der Waals surface area (Å²) in [6, 6.07) is 1.64. The van der Waals surface area contributed by atoms with Gasteiger partial charge < -0.3 is 15.0 Å². The third-order valence-electron chi connectivity index (χ3n) is 2.85. The Morgan fingerprint density at radius 2 is 2.44 bits per heavy atom. The number of hydrogen-bond donors (Lipinski definition) is 1. The van der Waals surface area contributed by atoms with Gasteiger partial charge in [-0.1, -0.05) is 11.6 Å². The SMILES string of the molecule is CNc1ncc(C(=O)N2CCOC(C)C2)cc1Cl. The maximum absolute atomic E-state index is 12.2. The number of carbonyl (C=O) groups is 1. The number of halogens is 1. The molecule has 5 nitrogen and oxygen atoms in total. The molecule has 0 bridgehead atoms. The lowest BCUT2D eigenvalue weighted by molar-refractivity contribution is -0.0124. The maximum Gasteiger partial charge on any atom is 0.255 e. The van der Waals surface area contributed by atoms with Gasteiger partial charge in [0.25, 0.3) is 5.91 Å². The van der Waals surface area contributed by atoms with E-state index in [-0.39, 0.29) is 12.0 Å². The molecule has 0 spiro atoms. The van der Waals surface area contributed by atoms with Crippen molar-refractivity contribution in [2.45, 2.75) is 13.0 Å². The fourth-order valence-electron chi connectivity index (χ4n) is 1.92. The van der Waals surface area contributed by atoms with Crippen LogP contribution in [-0.4, -0.2) is 48.6 Å². The highest BCUT2D eigenvalue weighted by atomic mass is 35.5. The molecule has 1 aromatic heterocycles. The van der Waals surface area contributed by atoms with Crippen LogP contribution in [0.25, 0.3) is 0 Å². The van der Waals surface area contributed by atoms with E-state index in [2.05, 4.69) is 10.3 Å². The summed E-state index contributed by atoms with van der Waals surface area (Å²) in [4.78, 5) is 18.1. The fraction of sp³-hybridized carbons (Fsp3) is 0.500. The largest absolute Gasteiger partial charge is 0.375 e. The Bertz CT molecular complexity index is 453. The van der Waals surface area contributed by atoms with Gasteiger partial charge in [-0.2, -0.15) is 0 Å². The van der Waals surface area contributed by atoms with E-state index in [0.29, 0.717) is 36.1 Å². The first-order chi connectivity index (χ1) is 8.61. The van der Waals surface area contributed by atoms with Gasteiger partial charge in [0.15, 0.2) is 0 Å². The fourth-order valence-corrected chi connectivity index (χ4v) is 2.19. The lowest BCUT2D eigenvalue weighted by atomic mass is 10.2. The van der Waals surface area contributed by atoms with Gasteiger partial charge in [-0.25, -0.2) is 4.98 Å². The molecule has 1 N–H and O–H groups in total. The van der Waals surface area contributed by atoms with E-state index in [0.717, 1.165) is 0 Å². The van der Waals surface area contributed by atoms with Crippen LogP contribution in [0.1, 0.15) is 17.3 Å². The molecule has 1 aromatic rings. The predicted octanol–water partition coefficient (Wildman–Crippen LogP) is 1.64. The Morgan fingerprint density at radius 1 is 1.67 bits per heavy atom. The molecule has 1 amide bonds. The van der Waals surface area contributed by atoms with Crippen LogP contribution in [0.15, 0.2) is 12.3 Å². The molecule has 98 valence electrons. The highest BCUT2D eigenvalue weighted by molar-refractivity contribution is 6.33.